The van der Waals surface area contributed by atoms with Crippen LogP contribution in [0.15, 0.2) is 47.2 Å². The largest absolute Gasteiger partial charge is 0.463 e. The maximum atomic E-state index is 5.97. The van der Waals surface area contributed by atoms with Crippen molar-refractivity contribution < 1.29 is 4.42 Å². The van der Waals surface area contributed by atoms with Crippen molar-refractivity contribution in [2.75, 3.05) is 5.73 Å². The van der Waals surface area contributed by atoms with E-state index in [1.54, 1.807) is 6.26 Å². The Morgan fingerprint density at radius 2 is 2.13 bits per heavy atom. The molecule has 0 spiro atoms. The first-order valence-electron chi connectivity index (χ1n) is 4.63. The number of nitrogens with zero attached hydrogens (tertiary/aromatic N) is 2. The van der Waals surface area contributed by atoms with Gasteiger partial charge in [-0.25, -0.2) is 4.98 Å². The summed E-state index contributed by atoms with van der Waals surface area (Å²) in [5, 5.41) is 0. The fraction of sp³-hybridized carbons (Fsp3) is 0. The molecule has 0 unspecified atom stereocenters. The highest BCUT2D eigenvalue weighted by Crippen LogP contribution is 2.26. The SMILES string of the molecule is Nc1c(-c2ccco2)nc2ccccn12. The predicted molar refractivity (Wildman–Crippen MR) is 57.3 cm³/mol. The van der Waals surface area contributed by atoms with Crippen LogP contribution in [0.25, 0.3) is 17.1 Å². The first-order valence-corrected chi connectivity index (χ1v) is 4.63. The van der Waals surface area contributed by atoms with Crippen molar-refractivity contribution in [3.63, 3.8) is 0 Å². The standard InChI is InChI=1S/C11H9N3O/c12-11-10(8-4-3-7-15-8)13-9-5-1-2-6-14(9)11/h1-7H,12H2. The first-order chi connectivity index (χ1) is 7.36. The summed E-state index contributed by atoms with van der Waals surface area (Å²) in [5.41, 5.74) is 7.48. The molecule has 0 atom stereocenters. The Bertz CT molecular complexity index is 595. The number of rotatable bonds is 1. The van der Waals surface area contributed by atoms with E-state index in [0.717, 1.165) is 5.65 Å². The Hall–Kier alpha value is -2.23. The van der Waals surface area contributed by atoms with Crippen LogP contribution in [0.1, 0.15) is 0 Å². The van der Waals surface area contributed by atoms with Gasteiger partial charge in [0.25, 0.3) is 0 Å². The lowest BCUT2D eigenvalue weighted by atomic mass is 10.3. The Morgan fingerprint density at radius 3 is 2.87 bits per heavy atom. The molecular weight excluding hydrogens is 190 g/mol. The molecule has 4 nitrogen and oxygen atoms in total. The highest BCUT2D eigenvalue weighted by Gasteiger charge is 2.12. The average molecular weight is 199 g/mol. The molecule has 0 aliphatic heterocycles. The maximum absolute atomic E-state index is 5.97. The molecule has 3 aromatic heterocycles. The van der Waals surface area contributed by atoms with Crippen molar-refractivity contribution in [3.05, 3.63) is 42.8 Å². The predicted octanol–water partition coefficient (Wildman–Crippen LogP) is 2.18. The molecule has 74 valence electrons. The summed E-state index contributed by atoms with van der Waals surface area (Å²) in [4.78, 5) is 4.40. The number of fused-ring (bicyclic) bond motifs is 1. The van der Waals surface area contributed by atoms with E-state index in [-0.39, 0.29) is 0 Å². The molecule has 0 aliphatic carbocycles. The summed E-state index contributed by atoms with van der Waals surface area (Å²) < 4.78 is 7.11. The molecular formula is C11H9N3O. The molecule has 0 aromatic carbocycles. The number of nitrogens with two attached hydrogens (primary N) is 1. The van der Waals surface area contributed by atoms with Gasteiger partial charge in [-0.3, -0.25) is 4.40 Å². The molecule has 3 aromatic rings. The van der Waals surface area contributed by atoms with Crippen LogP contribution in [0, 0.1) is 0 Å². The number of aromatic nitrogens is 2. The number of pyridine rings is 1. The summed E-state index contributed by atoms with van der Waals surface area (Å²) in [6.07, 6.45) is 3.49. The van der Waals surface area contributed by atoms with Crippen molar-refractivity contribution in [1.29, 1.82) is 0 Å². The Kier molecular flexibility index (Phi) is 1.56. The number of furan rings is 1. The number of imidazole rings is 1. The summed E-state index contributed by atoms with van der Waals surface area (Å²) in [6, 6.07) is 9.41. The monoisotopic (exact) mass is 199 g/mol. The molecule has 4 heteroatoms. The number of nitrogen functional groups attached to an aromatic ring is 1. The van der Waals surface area contributed by atoms with E-state index in [4.69, 9.17) is 10.2 Å². The normalized spacial score (nSPS) is 10.9. The third kappa shape index (κ3) is 1.11. The molecule has 3 heterocycles. The minimum absolute atomic E-state index is 0.598. The zero-order valence-corrected chi connectivity index (χ0v) is 7.92. The minimum atomic E-state index is 0.598. The van der Waals surface area contributed by atoms with E-state index in [0.29, 0.717) is 17.3 Å². The highest BCUT2D eigenvalue weighted by molar-refractivity contribution is 5.71. The fourth-order valence-corrected chi connectivity index (χ4v) is 1.61. The zero-order valence-electron chi connectivity index (χ0n) is 7.92. The van der Waals surface area contributed by atoms with Gasteiger partial charge in [-0.1, -0.05) is 6.07 Å². The maximum Gasteiger partial charge on any atom is 0.156 e. The van der Waals surface area contributed by atoms with Gasteiger partial charge in [-0.05, 0) is 24.3 Å². The Balaban J connectivity index is 2.33. The Labute approximate surface area is 86.0 Å². The third-order valence-electron chi connectivity index (χ3n) is 2.32. The van der Waals surface area contributed by atoms with Crippen LogP contribution >= 0.6 is 0 Å². The van der Waals surface area contributed by atoms with Crippen molar-refractivity contribution in [2.24, 2.45) is 0 Å². The van der Waals surface area contributed by atoms with E-state index in [9.17, 15) is 0 Å². The molecule has 0 saturated carbocycles. The van der Waals surface area contributed by atoms with E-state index in [1.165, 1.54) is 0 Å². The lowest BCUT2D eigenvalue weighted by Crippen LogP contribution is -1.92. The second-order valence-electron chi connectivity index (χ2n) is 3.25. The van der Waals surface area contributed by atoms with Gasteiger partial charge < -0.3 is 10.2 Å². The lowest BCUT2D eigenvalue weighted by molar-refractivity contribution is 0.581. The van der Waals surface area contributed by atoms with Crippen LogP contribution in [-0.2, 0) is 0 Å². The van der Waals surface area contributed by atoms with Crippen molar-refractivity contribution >= 4 is 11.5 Å². The van der Waals surface area contributed by atoms with Gasteiger partial charge in [0.15, 0.2) is 5.76 Å². The molecule has 0 bridgehead atoms. The summed E-state index contributed by atoms with van der Waals surface area (Å²) in [5.74, 6) is 1.29. The molecule has 3 rings (SSSR count). The van der Waals surface area contributed by atoms with Crippen LogP contribution in [0.4, 0.5) is 5.82 Å². The van der Waals surface area contributed by atoms with Gasteiger partial charge in [0.05, 0.1) is 6.26 Å². The molecule has 2 N–H and O–H groups in total. The van der Waals surface area contributed by atoms with Crippen molar-refractivity contribution in [2.45, 2.75) is 0 Å². The molecule has 0 amide bonds. The first kappa shape index (κ1) is 8.11. The molecule has 0 radical (unpaired) electrons. The summed E-state index contributed by atoms with van der Waals surface area (Å²) >= 11 is 0. The van der Waals surface area contributed by atoms with Crippen LogP contribution in [0.5, 0.6) is 0 Å². The molecule has 0 aliphatic rings. The Morgan fingerprint density at radius 1 is 1.20 bits per heavy atom. The second kappa shape index (κ2) is 2.88. The van der Waals surface area contributed by atoms with Crippen LogP contribution in [0.3, 0.4) is 0 Å². The van der Waals surface area contributed by atoms with E-state index < -0.39 is 0 Å². The van der Waals surface area contributed by atoms with Gasteiger partial charge in [-0.15, -0.1) is 0 Å². The summed E-state index contributed by atoms with van der Waals surface area (Å²) in [6.45, 7) is 0. The number of anilines is 1. The third-order valence-corrected chi connectivity index (χ3v) is 2.32. The average Bonchev–Trinajstić information content (AvgIpc) is 2.87. The van der Waals surface area contributed by atoms with E-state index in [1.807, 2.05) is 40.9 Å². The second-order valence-corrected chi connectivity index (χ2v) is 3.25. The van der Waals surface area contributed by atoms with Crippen molar-refractivity contribution in [1.82, 2.24) is 9.38 Å². The van der Waals surface area contributed by atoms with Crippen LogP contribution in [-0.4, -0.2) is 9.38 Å². The van der Waals surface area contributed by atoms with Gasteiger partial charge in [0.2, 0.25) is 0 Å². The van der Waals surface area contributed by atoms with Crippen LogP contribution in [0.2, 0.25) is 0 Å². The van der Waals surface area contributed by atoms with Gasteiger partial charge in [0.1, 0.15) is 17.2 Å². The van der Waals surface area contributed by atoms with Gasteiger partial charge in [0, 0.05) is 6.20 Å². The van der Waals surface area contributed by atoms with Crippen molar-refractivity contribution in [3.8, 4) is 11.5 Å². The minimum Gasteiger partial charge on any atom is -0.463 e. The molecule has 0 fully saturated rings. The van der Waals surface area contributed by atoms with E-state index in [2.05, 4.69) is 4.98 Å². The van der Waals surface area contributed by atoms with Crippen LogP contribution < -0.4 is 5.73 Å². The molecule has 15 heavy (non-hydrogen) atoms. The summed E-state index contributed by atoms with van der Waals surface area (Å²) in [7, 11) is 0. The van der Waals surface area contributed by atoms with E-state index >= 15 is 0 Å². The van der Waals surface area contributed by atoms with Gasteiger partial charge >= 0.3 is 0 Å². The smallest absolute Gasteiger partial charge is 0.156 e. The fourth-order valence-electron chi connectivity index (χ4n) is 1.61. The quantitative estimate of drug-likeness (QED) is 0.653. The molecule has 0 saturated heterocycles. The van der Waals surface area contributed by atoms with Gasteiger partial charge in [-0.2, -0.15) is 0 Å². The zero-order chi connectivity index (χ0) is 10.3. The number of hydrogen-bond acceptors (Lipinski definition) is 3. The number of hydrogen-bond donors (Lipinski definition) is 1. The highest BCUT2D eigenvalue weighted by atomic mass is 16.3. The topological polar surface area (TPSA) is 56.5 Å². The lowest BCUT2D eigenvalue weighted by Gasteiger charge is -1.94.